The summed E-state index contributed by atoms with van der Waals surface area (Å²) in [5.41, 5.74) is -0.396. The highest BCUT2D eigenvalue weighted by Gasteiger charge is 2.52. The lowest BCUT2D eigenvalue weighted by Gasteiger charge is -2.32. The summed E-state index contributed by atoms with van der Waals surface area (Å²) in [6, 6.07) is 6.96. The van der Waals surface area contributed by atoms with Crippen LogP contribution in [0, 0.1) is 0 Å². The van der Waals surface area contributed by atoms with Gasteiger partial charge >= 0.3 is 7.12 Å². The lowest BCUT2D eigenvalue weighted by molar-refractivity contribution is 0.00578. The predicted molar refractivity (Wildman–Crippen MR) is 92.7 cm³/mol. The largest absolute Gasteiger partial charge is 0.507 e. The molecule has 7 heteroatoms. The lowest BCUT2D eigenvalue weighted by atomic mass is 9.89. The van der Waals surface area contributed by atoms with Crippen LogP contribution in [0.2, 0.25) is 5.02 Å². The molecule has 2 heterocycles. The van der Waals surface area contributed by atoms with Crippen molar-refractivity contribution in [2.75, 3.05) is 0 Å². The molecule has 1 aromatic heterocycles. The number of carbonyl (C=O) groups excluding carboxylic acids is 1. The summed E-state index contributed by atoms with van der Waals surface area (Å²) in [4.78, 5) is 16.8. The molecule has 1 aliphatic rings. The van der Waals surface area contributed by atoms with E-state index < -0.39 is 18.3 Å². The van der Waals surface area contributed by atoms with E-state index in [-0.39, 0.29) is 5.78 Å². The average molecular weight is 350 g/mol. The molecule has 0 amide bonds. The number of hydrogen-bond acceptors (Lipinski definition) is 5. The van der Waals surface area contributed by atoms with E-state index in [1.165, 1.54) is 11.3 Å². The van der Waals surface area contributed by atoms with Crippen LogP contribution in [0.15, 0.2) is 30.5 Å². The average Bonchev–Trinajstić information content (AvgIpc) is 3.02. The van der Waals surface area contributed by atoms with Crippen molar-refractivity contribution in [3.8, 4) is 0 Å². The highest BCUT2D eigenvalue weighted by atomic mass is 35.5. The molecule has 2 aromatic rings. The number of nitrogens with zero attached hydrogens (tertiary/aromatic N) is 1. The molecular formula is C16H17BClNO3S. The molecule has 0 unspecified atom stereocenters. The summed E-state index contributed by atoms with van der Waals surface area (Å²) >= 11 is 7.36. The standard InChI is InChI=1S/C16H17BClNO3S/c1-15(2)16(3,4)22-17(21-15)12-9-19-14(23-12)13(20)10-7-5-6-8-11(10)18/h5-9H,1-4H3. The van der Waals surface area contributed by atoms with E-state index >= 15 is 0 Å². The minimum absolute atomic E-state index is 0.191. The van der Waals surface area contributed by atoms with Crippen LogP contribution in [0.4, 0.5) is 0 Å². The van der Waals surface area contributed by atoms with Gasteiger partial charge in [-0.3, -0.25) is 4.79 Å². The van der Waals surface area contributed by atoms with Crippen molar-refractivity contribution in [3.63, 3.8) is 0 Å². The van der Waals surface area contributed by atoms with E-state index in [4.69, 9.17) is 20.9 Å². The molecule has 0 saturated carbocycles. The van der Waals surface area contributed by atoms with Crippen molar-refractivity contribution in [2.24, 2.45) is 0 Å². The fraction of sp³-hybridized carbons (Fsp3) is 0.375. The van der Waals surface area contributed by atoms with E-state index in [1.54, 1.807) is 30.5 Å². The van der Waals surface area contributed by atoms with E-state index in [1.807, 2.05) is 27.7 Å². The summed E-state index contributed by atoms with van der Waals surface area (Å²) in [5, 5.41) is 0.799. The Balaban J connectivity index is 1.85. The number of rotatable bonds is 3. The molecule has 0 spiro atoms. The van der Waals surface area contributed by atoms with E-state index in [0.717, 1.165) is 4.78 Å². The fourth-order valence-electron chi connectivity index (χ4n) is 2.22. The van der Waals surface area contributed by atoms with Gasteiger partial charge in [0, 0.05) is 11.8 Å². The summed E-state index contributed by atoms with van der Waals surface area (Å²) in [5.74, 6) is -0.191. The van der Waals surface area contributed by atoms with E-state index in [0.29, 0.717) is 15.6 Å². The Kier molecular flexibility index (Phi) is 4.13. The molecule has 120 valence electrons. The number of ketones is 1. The number of thiazole rings is 1. The first-order valence-electron chi connectivity index (χ1n) is 7.32. The van der Waals surface area contributed by atoms with Gasteiger partial charge in [-0.05, 0) is 39.8 Å². The van der Waals surface area contributed by atoms with Crippen LogP contribution in [0.5, 0.6) is 0 Å². The molecule has 23 heavy (non-hydrogen) atoms. The highest BCUT2D eigenvalue weighted by Crippen LogP contribution is 2.36. The minimum atomic E-state index is -0.509. The fourth-order valence-corrected chi connectivity index (χ4v) is 3.27. The first-order valence-corrected chi connectivity index (χ1v) is 8.51. The Morgan fingerprint density at radius 3 is 2.39 bits per heavy atom. The number of aromatic nitrogens is 1. The van der Waals surface area contributed by atoms with Gasteiger partial charge in [-0.25, -0.2) is 4.98 Å². The van der Waals surface area contributed by atoms with Crippen molar-refractivity contribution in [3.05, 3.63) is 46.1 Å². The van der Waals surface area contributed by atoms with Gasteiger partial charge in [0.1, 0.15) is 0 Å². The molecule has 0 radical (unpaired) electrons. The zero-order valence-corrected chi connectivity index (χ0v) is 15.0. The van der Waals surface area contributed by atoms with Crippen LogP contribution in [-0.2, 0) is 9.31 Å². The van der Waals surface area contributed by atoms with Crippen LogP contribution < -0.4 is 4.78 Å². The Morgan fingerprint density at radius 1 is 1.17 bits per heavy atom. The van der Waals surface area contributed by atoms with Crippen LogP contribution in [0.25, 0.3) is 0 Å². The minimum Gasteiger partial charge on any atom is -0.399 e. The Labute approximate surface area is 144 Å². The third-order valence-corrected chi connectivity index (χ3v) is 5.67. The molecule has 4 nitrogen and oxygen atoms in total. The number of benzene rings is 1. The molecular weight excluding hydrogens is 333 g/mol. The molecule has 0 aliphatic carbocycles. The number of carbonyl (C=O) groups is 1. The van der Waals surface area contributed by atoms with Gasteiger partial charge in [0.15, 0.2) is 5.01 Å². The Hall–Kier alpha value is -1.21. The second-order valence-electron chi connectivity index (χ2n) is 6.47. The van der Waals surface area contributed by atoms with Gasteiger partial charge in [-0.1, -0.05) is 23.7 Å². The molecule has 0 atom stereocenters. The van der Waals surface area contributed by atoms with Gasteiger partial charge < -0.3 is 9.31 Å². The number of halogens is 1. The van der Waals surface area contributed by atoms with Crippen molar-refractivity contribution in [1.29, 1.82) is 0 Å². The second-order valence-corrected chi connectivity index (χ2v) is 7.93. The van der Waals surface area contributed by atoms with Crippen LogP contribution in [-0.4, -0.2) is 29.1 Å². The highest BCUT2D eigenvalue weighted by molar-refractivity contribution is 7.23. The van der Waals surface area contributed by atoms with Crippen molar-refractivity contribution >= 4 is 40.6 Å². The van der Waals surface area contributed by atoms with Crippen LogP contribution in [0.3, 0.4) is 0 Å². The maximum atomic E-state index is 12.5. The maximum absolute atomic E-state index is 12.5. The number of hydrogen-bond donors (Lipinski definition) is 0. The molecule has 3 rings (SSSR count). The maximum Gasteiger partial charge on any atom is 0.507 e. The van der Waals surface area contributed by atoms with Crippen LogP contribution >= 0.6 is 22.9 Å². The third-order valence-electron chi connectivity index (χ3n) is 4.32. The first kappa shape index (κ1) is 16.6. The predicted octanol–water partition coefficient (Wildman–Crippen LogP) is 3.33. The van der Waals surface area contributed by atoms with Gasteiger partial charge in [0.25, 0.3) is 0 Å². The molecule has 1 saturated heterocycles. The van der Waals surface area contributed by atoms with Crippen molar-refractivity contribution in [2.45, 2.75) is 38.9 Å². The molecule has 1 aliphatic heterocycles. The second kappa shape index (κ2) is 5.70. The summed E-state index contributed by atoms with van der Waals surface area (Å²) < 4.78 is 12.7. The summed E-state index contributed by atoms with van der Waals surface area (Å²) in [7, 11) is -0.509. The topological polar surface area (TPSA) is 48.4 Å². The van der Waals surface area contributed by atoms with Crippen molar-refractivity contribution < 1.29 is 14.1 Å². The molecule has 1 fully saturated rings. The van der Waals surface area contributed by atoms with Gasteiger partial charge in [0.05, 0.1) is 21.0 Å². The van der Waals surface area contributed by atoms with Crippen molar-refractivity contribution in [1.82, 2.24) is 4.98 Å². The SMILES string of the molecule is CC1(C)OB(c2cnc(C(=O)c3ccccc3Cl)s2)OC1(C)C. The summed E-state index contributed by atoms with van der Waals surface area (Å²) in [6.45, 7) is 7.96. The smallest absolute Gasteiger partial charge is 0.399 e. The first-order chi connectivity index (χ1) is 10.7. The quantitative estimate of drug-likeness (QED) is 0.630. The zero-order valence-electron chi connectivity index (χ0n) is 13.4. The summed E-state index contributed by atoms with van der Waals surface area (Å²) in [6.07, 6.45) is 1.64. The lowest BCUT2D eigenvalue weighted by Crippen LogP contribution is -2.41. The monoisotopic (exact) mass is 349 g/mol. The molecule has 1 aromatic carbocycles. The zero-order chi connectivity index (χ0) is 16.8. The van der Waals surface area contributed by atoms with E-state index in [9.17, 15) is 4.79 Å². The van der Waals surface area contributed by atoms with Crippen LogP contribution in [0.1, 0.15) is 43.1 Å². The molecule has 0 N–H and O–H groups in total. The van der Waals surface area contributed by atoms with Gasteiger partial charge in [-0.2, -0.15) is 0 Å². The van der Waals surface area contributed by atoms with Gasteiger partial charge in [0.2, 0.25) is 5.78 Å². The van der Waals surface area contributed by atoms with E-state index in [2.05, 4.69) is 4.98 Å². The molecule has 0 bridgehead atoms. The Bertz CT molecular complexity index is 743. The Morgan fingerprint density at radius 2 is 1.78 bits per heavy atom. The normalized spacial score (nSPS) is 19.1. The van der Waals surface area contributed by atoms with Gasteiger partial charge in [-0.15, -0.1) is 11.3 Å². The third kappa shape index (κ3) is 2.96.